The van der Waals surface area contributed by atoms with Crippen LogP contribution in [0.15, 0.2) is 12.4 Å². The summed E-state index contributed by atoms with van der Waals surface area (Å²) in [4.78, 5) is 15.2. The van der Waals surface area contributed by atoms with Gasteiger partial charge in [0, 0.05) is 6.20 Å². The van der Waals surface area contributed by atoms with E-state index in [1.54, 1.807) is 0 Å². The van der Waals surface area contributed by atoms with E-state index in [0.717, 1.165) is 0 Å². The van der Waals surface area contributed by atoms with Gasteiger partial charge in [-0.05, 0) is 0 Å². The first-order valence-corrected chi connectivity index (χ1v) is 4.76. The summed E-state index contributed by atoms with van der Waals surface area (Å²) in [5.41, 5.74) is 0.548. The van der Waals surface area contributed by atoms with Gasteiger partial charge in [0.25, 0.3) is 0 Å². The molecular weight excluding hydrogens is 226 g/mol. The molecule has 0 saturated carbocycles. The molecular formula is C7H4ClN3O2S. The van der Waals surface area contributed by atoms with Crippen LogP contribution in [0.3, 0.4) is 0 Å². The normalized spacial score (nSPS) is 10.4. The van der Waals surface area contributed by atoms with Crippen molar-refractivity contribution >= 4 is 28.9 Å². The second-order valence-corrected chi connectivity index (χ2v) is 4.05. The number of rotatable bonds is 2. The third-order valence-corrected chi connectivity index (χ3v) is 2.73. The second-order valence-electron chi connectivity index (χ2n) is 2.44. The maximum Gasteiger partial charge on any atom is 0.339 e. The summed E-state index contributed by atoms with van der Waals surface area (Å²) in [5, 5.41) is 15.1. The van der Waals surface area contributed by atoms with Gasteiger partial charge in [0.15, 0.2) is 4.47 Å². The number of aromatic nitrogens is 3. The molecule has 0 unspecified atom stereocenters. The third kappa shape index (κ3) is 1.49. The molecule has 0 aliphatic heterocycles. The first-order chi connectivity index (χ1) is 6.68. The van der Waals surface area contributed by atoms with Crippen LogP contribution in [0, 0.1) is 0 Å². The van der Waals surface area contributed by atoms with Crippen LogP contribution < -0.4 is 0 Å². The highest BCUT2D eigenvalue weighted by Gasteiger charge is 2.15. The van der Waals surface area contributed by atoms with Crippen LogP contribution >= 0.6 is 22.9 Å². The number of thiazole rings is 1. The molecule has 0 fully saturated rings. The van der Waals surface area contributed by atoms with E-state index in [4.69, 9.17) is 16.7 Å². The summed E-state index contributed by atoms with van der Waals surface area (Å²) < 4.78 is 0.367. The van der Waals surface area contributed by atoms with Gasteiger partial charge in [-0.1, -0.05) is 11.6 Å². The standard InChI is InChI=1S/C7H4ClN3O2S/c8-7-9-2-4(14-7)5-3(6(12)13)1-10-11-5/h1-2H,(H,10,11)(H,12,13). The molecule has 0 spiro atoms. The lowest BCUT2D eigenvalue weighted by Gasteiger charge is -1.92. The predicted octanol–water partition coefficient (Wildman–Crippen LogP) is 1.88. The summed E-state index contributed by atoms with van der Waals surface area (Å²) in [6.45, 7) is 0. The van der Waals surface area contributed by atoms with Gasteiger partial charge in [-0.2, -0.15) is 5.10 Å². The Kier molecular flexibility index (Phi) is 2.22. The molecule has 0 radical (unpaired) electrons. The van der Waals surface area contributed by atoms with E-state index in [1.165, 1.54) is 23.7 Å². The van der Waals surface area contributed by atoms with Gasteiger partial charge in [-0.25, -0.2) is 9.78 Å². The molecule has 2 aromatic heterocycles. The monoisotopic (exact) mass is 229 g/mol. The van der Waals surface area contributed by atoms with Crippen LogP contribution in [0.1, 0.15) is 10.4 Å². The average Bonchev–Trinajstić information content (AvgIpc) is 2.70. The Labute approximate surface area is 87.4 Å². The van der Waals surface area contributed by atoms with E-state index in [1.807, 2.05) is 0 Å². The molecule has 7 heteroatoms. The minimum Gasteiger partial charge on any atom is -0.478 e. The van der Waals surface area contributed by atoms with Crippen LogP contribution in [-0.2, 0) is 0 Å². The molecule has 2 rings (SSSR count). The SMILES string of the molecule is O=C(O)c1cn[nH]c1-c1cnc(Cl)s1. The first kappa shape index (κ1) is 9.17. The van der Waals surface area contributed by atoms with Gasteiger partial charge in [0.2, 0.25) is 0 Å². The van der Waals surface area contributed by atoms with Gasteiger partial charge >= 0.3 is 5.97 Å². The minimum absolute atomic E-state index is 0.116. The van der Waals surface area contributed by atoms with Crippen LogP contribution in [0.2, 0.25) is 4.47 Å². The highest BCUT2D eigenvalue weighted by atomic mass is 35.5. The molecule has 0 bridgehead atoms. The highest BCUT2D eigenvalue weighted by Crippen LogP contribution is 2.29. The Morgan fingerprint density at radius 2 is 2.36 bits per heavy atom. The van der Waals surface area contributed by atoms with E-state index < -0.39 is 5.97 Å². The number of carboxylic acids is 1. The van der Waals surface area contributed by atoms with Crippen molar-refractivity contribution in [1.29, 1.82) is 0 Å². The average molecular weight is 230 g/mol. The number of aromatic amines is 1. The Morgan fingerprint density at radius 3 is 2.93 bits per heavy atom. The van der Waals surface area contributed by atoms with Crippen molar-refractivity contribution in [3.8, 4) is 10.6 Å². The molecule has 0 atom stereocenters. The molecule has 0 aromatic carbocycles. The lowest BCUT2D eigenvalue weighted by atomic mass is 10.2. The van der Waals surface area contributed by atoms with E-state index in [2.05, 4.69) is 15.2 Å². The lowest BCUT2D eigenvalue weighted by Crippen LogP contribution is -1.95. The van der Waals surface area contributed by atoms with Crippen molar-refractivity contribution in [3.63, 3.8) is 0 Å². The second kappa shape index (κ2) is 3.39. The fraction of sp³-hybridized carbons (Fsp3) is 0. The summed E-state index contributed by atoms with van der Waals surface area (Å²) in [7, 11) is 0. The Balaban J connectivity index is 2.51. The smallest absolute Gasteiger partial charge is 0.339 e. The topological polar surface area (TPSA) is 78.9 Å². The van der Waals surface area contributed by atoms with Crippen molar-refractivity contribution in [2.75, 3.05) is 0 Å². The van der Waals surface area contributed by atoms with Gasteiger partial charge in [0.1, 0.15) is 5.56 Å². The third-order valence-electron chi connectivity index (χ3n) is 1.59. The number of hydrogen-bond acceptors (Lipinski definition) is 4. The van der Waals surface area contributed by atoms with E-state index in [9.17, 15) is 4.79 Å². The number of carbonyl (C=O) groups is 1. The zero-order valence-corrected chi connectivity index (χ0v) is 8.26. The lowest BCUT2D eigenvalue weighted by molar-refractivity contribution is 0.0698. The largest absolute Gasteiger partial charge is 0.478 e. The van der Waals surface area contributed by atoms with Crippen molar-refractivity contribution in [2.45, 2.75) is 0 Å². The van der Waals surface area contributed by atoms with E-state index in [-0.39, 0.29) is 5.56 Å². The van der Waals surface area contributed by atoms with Crippen LogP contribution in [0.4, 0.5) is 0 Å². The molecule has 2 N–H and O–H groups in total. The Bertz CT molecular complexity index is 479. The Hall–Kier alpha value is -1.40. The fourth-order valence-electron chi connectivity index (χ4n) is 1.00. The minimum atomic E-state index is -1.03. The van der Waals surface area contributed by atoms with E-state index >= 15 is 0 Å². The number of carboxylic acid groups (broad SMARTS) is 1. The summed E-state index contributed by atoms with van der Waals surface area (Å²) in [6.07, 6.45) is 2.76. The number of halogens is 1. The number of H-pyrrole nitrogens is 1. The maximum absolute atomic E-state index is 10.8. The summed E-state index contributed by atoms with van der Waals surface area (Å²) >= 11 is 6.83. The van der Waals surface area contributed by atoms with Crippen LogP contribution in [0.25, 0.3) is 10.6 Å². The number of nitrogens with one attached hydrogen (secondary N) is 1. The zero-order chi connectivity index (χ0) is 10.1. The van der Waals surface area contributed by atoms with Crippen molar-refractivity contribution < 1.29 is 9.90 Å². The number of hydrogen-bond donors (Lipinski definition) is 2. The quantitative estimate of drug-likeness (QED) is 0.824. The summed E-state index contributed by atoms with van der Waals surface area (Å²) in [5.74, 6) is -1.03. The van der Waals surface area contributed by atoms with E-state index in [0.29, 0.717) is 15.0 Å². The molecule has 0 aliphatic carbocycles. The maximum atomic E-state index is 10.8. The van der Waals surface area contributed by atoms with Gasteiger partial charge in [-0.15, -0.1) is 11.3 Å². The molecule has 14 heavy (non-hydrogen) atoms. The first-order valence-electron chi connectivity index (χ1n) is 3.57. The highest BCUT2D eigenvalue weighted by molar-refractivity contribution is 7.18. The molecule has 0 saturated heterocycles. The van der Waals surface area contributed by atoms with Gasteiger partial charge in [0.05, 0.1) is 16.8 Å². The van der Waals surface area contributed by atoms with Gasteiger partial charge in [-0.3, -0.25) is 5.10 Å². The number of aromatic carboxylic acids is 1. The van der Waals surface area contributed by atoms with Crippen LogP contribution in [-0.4, -0.2) is 26.3 Å². The molecule has 72 valence electrons. The van der Waals surface area contributed by atoms with Crippen molar-refractivity contribution in [1.82, 2.24) is 15.2 Å². The van der Waals surface area contributed by atoms with Gasteiger partial charge < -0.3 is 5.11 Å². The van der Waals surface area contributed by atoms with Crippen molar-refractivity contribution in [2.24, 2.45) is 0 Å². The predicted molar refractivity (Wildman–Crippen MR) is 51.7 cm³/mol. The zero-order valence-electron chi connectivity index (χ0n) is 6.69. The fourth-order valence-corrected chi connectivity index (χ4v) is 1.95. The number of nitrogens with zero attached hydrogens (tertiary/aromatic N) is 2. The molecule has 2 heterocycles. The molecule has 2 aromatic rings. The van der Waals surface area contributed by atoms with Crippen LogP contribution in [0.5, 0.6) is 0 Å². The Morgan fingerprint density at radius 1 is 1.57 bits per heavy atom. The van der Waals surface area contributed by atoms with Crippen molar-refractivity contribution in [3.05, 3.63) is 22.4 Å². The molecule has 0 amide bonds. The molecule has 5 nitrogen and oxygen atoms in total. The summed E-state index contributed by atoms with van der Waals surface area (Å²) in [6, 6.07) is 0. The molecule has 0 aliphatic rings.